The molecule has 9 heteroatoms. The Morgan fingerprint density at radius 3 is 2.59 bits per heavy atom. The molecule has 0 aliphatic rings. The van der Waals surface area contributed by atoms with Crippen LogP contribution in [-0.2, 0) is 4.79 Å². The number of benzene rings is 2. The van der Waals surface area contributed by atoms with Gasteiger partial charge in [-0.2, -0.15) is 0 Å². The van der Waals surface area contributed by atoms with E-state index in [0.717, 1.165) is 35.2 Å². The van der Waals surface area contributed by atoms with Gasteiger partial charge in [-0.1, -0.05) is 11.8 Å². The topological polar surface area (TPSA) is 79.9 Å². The molecular formula is C18H16F2N4O2S. The number of aromatic nitrogens is 3. The van der Waals surface area contributed by atoms with E-state index in [0.29, 0.717) is 11.0 Å². The van der Waals surface area contributed by atoms with E-state index in [9.17, 15) is 13.6 Å². The van der Waals surface area contributed by atoms with Gasteiger partial charge in [-0.3, -0.25) is 9.89 Å². The monoisotopic (exact) mass is 390 g/mol. The fourth-order valence-corrected chi connectivity index (χ4v) is 2.93. The molecule has 27 heavy (non-hydrogen) atoms. The number of hydrogen-bond donors (Lipinski definition) is 2. The highest BCUT2D eigenvalue weighted by atomic mass is 32.2. The molecule has 0 bridgehead atoms. The van der Waals surface area contributed by atoms with Crippen molar-refractivity contribution in [3.05, 3.63) is 54.1 Å². The van der Waals surface area contributed by atoms with Gasteiger partial charge in [0.05, 0.1) is 12.4 Å². The third-order valence-corrected chi connectivity index (χ3v) is 4.63. The molecule has 0 saturated heterocycles. The minimum atomic E-state index is -1.02. The van der Waals surface area contributed by atoms with Gasteiger partial charge in [0, 0.05) is 17.3 Å². The molecule has 140 valence electrons. The number of H-pyrrole nitrogens is 1. The van der Waals surface area contributed by atoms with Crippen molar-refractivity contribution in [3.8, 4) is 17.1 Å². The van der Waals surface area contributed by atoms with Crippen molar-refractivity contribution in [2.24, 2.45) is 0 Å². The number of aromatic amines is 1. The number of rotatable bonds is 6. The van der Waals surface area contributed by atoms with E-state index in [1.165, 1.54) is 6.07 Å². The van der Waals surface area contributed by atoms with Crippen LogP contribution < -0.4 is 10.1 Å². The van der Waals surface area contributed by atoms with E-state index >= 15 is 0 Å². The molecule has 2 aromatic carbocycles. The minimum Gasteiger partial charge on any atom is -0.497 e. The number of carbonyl (C=O) groups excluding carboxylic acids is 1. The Bertz CT molecular complexity index is 947. The summed E-state index contributed by atoms with van der Waals surface area (Å²) in [4.78, 5) is 16.6. The first-order valence-electron chi connectivity index (χ1n) is 7.95. The minimum absolute atomic E-state index is 0.181. The van der Waals surface area contributed by atoms with Crippen LogP contribution in [0, 0.1) is 11.6 Å². The standard InChI is InChI=1S/C18H16F2N4O2S/c1-10(17(25)21-12-5-8-14(19)15(20)9-12)27-18-22-16(23-24-18)11-3-6-13(26-2)7-4-11/h3-10H,1-2H3,(H,21,25)(H,22,23,24)/t10-/m0/s1. The van der Waals surface area contributed by atoms with Crippen molar-refractivity contribution < 1.29 is 18.3 Å². The lowest BCUT2D eigenvalue weighted by molar-refractivity contribution is -0.115. The zero-order valence-electron chi connectivity index (χ0n) is 14.5. The molecule has 0 fully saturated rings. The van der Waals surface area contributed by atoms with Gasteiger partial charge in [0.15, 0.2) is 17.5 Å². The smallest absolute Gasteiger partial charge is 0.237 e. The molecule has 0 saturated carbocycles. The predicted molar refractivity (Wildman–Crippen MR) is 98.7 cm³/mol. The Hall–Kier alpha value is -2.94. The average Bonchev–Trinajstić information content (AvgIpc) is 3.13. The Balaban J connectivity index is 1.63. The van der Waals surface area contributed by atoms with Crippen LogP contribution in [-0.4, -0.2) is 33.4 Å². The van der Waals surface area contributed by atoms with Gasteiger partial charge < -0.3 is 10.1 Å². The quantitative estimate of drug-likeness (QED) is 0.625. The van der Waals surface area contributed by atoms with Gasteiger partial charge in [-0.05, 0) is 43.3 Å². The van der Waals surface area contributed by atoms with Gasteiger partial charge in [-0.25, -0.2) is 13.8 Å². The summed E-state index contributed by atoms with van der Waals surface area (Å²) in [5, 5.41) is 9.31. The molecule has 0 aliphatic heterocycles. The first-order chi connectivity index (χ1) is 13.0. The molecule has 0 unspecified atom stereocenters. The van der Waals surface area contributed by atoms with Crippen LogP contribution in [0.15, 0.2) is 47.6 Å². The maximum atomic E-state index is 13.2. The van der Waals surface area contributed by atoms with Crippen LogP contribution in [0.5, 0.6) is 5.75 Å². The molecule has 3 rings (SSSR count). The molecule has 1 atom stereocenters. The summed E-state index contributed by atoms with van der Waals surface area (Å²) in [5.74, 6) is -1.07. The van der Waals surface area contributed by atoms with Gasteiger partial charge in [0.2, 0.25) is 11.1 Å². The highest BCUT2D eigenvalue weighted by molar-refractivity contribution is 8.00. The van der Waals surface area contributed by atoms with Crippen molar-refractivity contribution in [2.45, 2.75) is 17.3 Å². The predicted octanol–water partition coefficient (Wildman–Crippen LogP) is 3.88. The van der Waals surface area contributed by atoms with E-state index in [4.69, 9.17) is 4.74 Å². The Kier molecular flexibility index (Phi) is 5.70. The van der Waals surface area contributed by atoms with Gasteiger partial charge in [0.25, 0.3) is 0 Å². The average molecular weight is 390 g/mol. The fourth-order valence-electron chi connectivity index (χ4n) is 2.21. The molecule has 2 N–H and O–H groups in total. The number of thioether (sulfide) groups is 1. The second-order valence-electron chi connectivity index (χ2n) is 5.57. The van der Waals surface area contributed by atoms with Crippen LogP contribution in [0.4, 0.5) is 14.5 Å². The Morgan fingerprint density at radius 1 is 1.19 bits per heavy atom. The highest BCUT2D eigenvalue weighted by Gasteiger charge is 2.18. The van der Waals surface area contributed by atoms with E-state index in [2.05, 4.69) is 20.5 Å². The number of nitrogens with zero attached hydrogens (tertiary/aromatic N) is 2. The molecule has 3 aromatic rings. The zero-order chi connectivity index (χ0) is 19.4. The molecule has 6 nitrogen and oxygen atoms in total. The number of halogens is 2. The van der Waals surface area contributed by atoms with Crippen LogP contribution >= 0.6 is 11.8 Å². The molecule has 1 heterocycles. The van der Waals surface area contributed by atoms with E-state index in [1.807, 2.05) is 24.3 Å². The number of amides is 1. The third kappa shape index (κ3) is 4.62. The largest absolute Gasteiger partial charge is 0.497 e. The third-order valence-electron chi connectivity index (χ3n) is 3.67. The number of anilines is 1. The Labute approximate surface area is 158 Å². The first-order valence-corrected chi connectivity index (χ1v) is 8.83. The van der Waals surface area contributed by atoms with Crippen LogP contribution in [0.1, 0.15) is 6.92 Å². The van der Waals surface area contributed by atoms with E-state index in [-0.39, 0.29) is 11.6 Å². The van der Waals surface area contributed by atoms with E-state index in [1.54, 1.807) is 14.0 Å². The molecule has 0 radical (unpaired) electrons. The van der Waals surface area contributed by atoms with E-state index < -0.39 is 16.9 Å². The highest BCUT2D eigenvalue weighted by Crippen LogP contribution is 2.25. The summed E-state index contributed by atoms with van der Waals surface area (Å²) in [5.41, 5.74) is 1.01. The van der Waals surface area contributed by atoms with Gasteiger partial charge in [-0.15, -0.1) is 5.10 Å². The number of hydrogen-bond acceptors (Lipinski definition) is 5. The first kappa shape index (κ1) is 18.8. The number of nitrogens with one attached hydrogen (secondary N) is 2. The molecule has 1 aromatic heterocycles. The maximum Gasteiger partial charge on any atom is 0.237 e. The summed E-state index contributed by atoms with van der Waals surface area (Å²) in [6.45, 7) is 1.67. The SMILES string of the molecule is COc1ccc(-c2nc(S[C@@H](C)C(=O)Nc3ccc(F)c(F)c3)n[nH]2)cc1. The van der Waals surface area contributed by atoms with Crippen molar-refractivity contribution in [3.63, 3.8) is 0 Å². The lowest BCUT2D eigenvalue weighted by atomic mass is 10.2. The van der Waals surface area contributed by atoms with Crippen LogP contribution in [0.2, 0.25) is 0 Å². The fraction of sp³-hybridized carbons (Fsp3) is 0.167. The molecule has 1 amide bonds. The van der Waals surface area contributed by atoms with Crippen molar-refractivity contribution in [2.75, 3.05) is 12.4 Å². The molecule has 0 spiro atoms. The zero-order valence-corrected chi connectivity index (χ0v) is 15.3. The number of methoxy groups -OCH3 is 1. The lowest BCUT2D eigenvalue weighted by Crippen LogP contribution is -2.22. The summed E-state index contributed by atoms with van der Waals surface area (Å²) < 4.78 is 31.3. The van der Waals surface area contributed by atoms with Gasteiger partial charge >= 0.3 is 0 Å². The number of ether oxygens (including phenoxy) is 1. The summed E-state index contributed by atoms with van der Waals surface area (Å²) in [6, 6.07) is 10.5. The normalized spacial score (nSPS) is 11.9. The lowest BCUT2D eigenvalue weighted by Gasteiger charge is -2.10. The second-order valence-corrected chi connectivity index (χ2v) is 6.88. The van der Waals surface area contributed by atoms with Gasteiger partial charge in [0.1, 0.15) is 5.75 Å². The van der Waals surface area contributed by atoms with Crippen molar-refractivity contribution in [1.29, 1.82) is 0 Å². The second kappa shape index (κ2) is 8.17. The molecular weight excluding hydrogens is 374 g/mol. The maximum absolute atomic E-state index is 13.2. The molecule has 0 aliphatic carbocycles. The summed E-state index contributed by atoms with van der Waals surface area (Å²) >= 11 is 1.14. The number of carbonyl (C=O) groups is 1. The summed E-state index contributed by atoms with van der Waals surface area (Å²) in [7, 11) is 1.59. The van der Waals surface area contributed by atoms with Crippen LogP contribution in [0.3, 0.4) is 0 Å². The van der Waals surface area contributed by atoms with Crippen molar-refractivity contribution in [1.82, 2.24) is 15.2 Å². The summed E-state index contributed by atoms with van der Waals surface area (Å²) in [6.07, 6.45) is 0. The van der Waals surface area contributed by atoms with Crippen molar-refractivity contribution >= 4 is 23.4 Å². The van der Waals surface area contributed by atoms with Crippen LogP contribution in [0.25, 0.3) is 11.4 Å². The Morgan fingerprint density at radius 2 is 1.93 bits per heavy atom.